The summed E-state index contributed by atoms with van der Waals surface area (Å²) in [6, 6.07) is 25.0. The van der Waals surface area contributed by atoms with Crippen LogP contribution in [0.3, 0.4) is 0 Å². The van der Waals surface area contributed by atoms with Gasteiger partial charge in [-0.25, -0.2) is 0 Å². The number of nitriles is 1. The van der Waals surface area contributed by atoms with Gasteiger partial charge < -0.3 is 40.3 Å². The summed E-state index contributed by atoms with van der Waals surface area (Å²) in [4.78, 5) is 62.1. The molecule has 1 atom stereocenters. The van der Waals surface area contributed by atoms with E-state index in [4.69, 9.17) is 32.0 Å². The summed E-state index contributed by atoms with van der Waals surface area (Å²) in [6.07, 6.45) is 3.72. The number of ether oxygens (including phenoxy) is 1. The number of phenolic OH excluding ortho intramolecular Hbond substituents is 2. The third-order valence-electron chi connectivity index (χ3n) is 15.5. The van der Waals surface area contributed by atoms with Crippen LogP contribution in [0.1, 0.15) is 72.0 Å². The maximum atomic E-state index is 13.9. The van der Waals surface area contributed by atoms with Gasteiger partial charge in [0.25, 0.3) is 5.91 Å². The van der Waals surface area contributed by atoms with Crippen LogP contribution >= 0.6 is 11.6 Å². The lowest BCUT2D eigenvalue weighted by Gasteiger charge is -2.42. The summed E-state index contributed by atoms with van der Waals surface area (Å²) in [5.41, 5.74) is 11.2. The minimum atomic E-state index is -0.773. The van der Waals surface area contributed by atoms with Crippen molar-refractivity contribution in [2.45, 2.75) is 64.6 Å². The van der Waals surface area contributed by atoms with E-state index in [9.17, 15) is 29.9 Å². The minimum Gasteiger partial charge on any atom is -0.508 e. The molecule has 20 heteroatoms. The van der Waals surface area contributed by atoms with E-state index < -0.39 is 5.91 Å². The molecule has 4 aliphatic rings. The summed E-state index contributed by atoms with van der Waals surface area (Å²) in [5.74, 6) is -0.164. The molecule has 3 fully saturated rings. The SMILES string of the molecule is C=CC(=O)N1CCN(c2nc(OCCN3CCN(C(=O)C4CCN(Cc5ccc(-n6c(C(N)=O)nnc6-c6cc(C(C)C)c(O)cc6O)cc5)CC4)CC3)nc3c2CCN(c2cccc4cccc(Cl)c24)C3)C[C@@H]1CC#N. The molecule has 2 aromatic heterocycles. The Labute approximate surface area is 452 Å². The molecule has 0 radical (unpaired) electrons. The van der Waals surface area contributed by atoms with Crippen molar-refractivity contribution in [1.82, 2.24) is 44.3 Å². The van der Waals surface area contributed by atoms with Crippen molar-refractivity contribution in [3.8, 4) is 40.7 Å². The molecule has 3 saturated heterocycles. The van der Waals surface area contributed by atoms with Crippen LogP contribution < -0.4 is 20.3 Å². The van der Waals surface area contributed by atoms with Gasteiger partial charge in [-0.05, 0) is 91.2 Å². The van der Waals surface area contributed by atoms with Crippen LogP contribution in [0.5, 0.6) is 17.5 Å². The molecule has 10 rings (SSSR count). The Kier molecular flexibility index (Phi) is 15.6. The number of hydrogen-bond acceptors (Lipinski definition) is 15. The largest absolute Gasteiger partial charge is 0.508 e. The third-order valence-corrected chi connectivity index (χ3v) is 15.8. The highest BCUT2D eigenvalue weighted by molar-refractivity contribution is 6.36. The Hall–Kier alpha value is -7.79. The number of nitrogens with zero attached hydrogens (tertiary/aromatic N) is 12. The number of piperazine rings is 2. The standard InChI is InChI=1S/C57H64ClN13O6/c1-4-50(74)70-28-27-69(34-41(70)15-19-59)53-42-18-22-68(47-10-6-8-38-7-5-9-45(58)51(38)47)35-46(42)61-57(62-53)77-30-29-65-23-25-67(26-24-65)56(76)39-16-20-66(21-17-39)33-37-11-13-40(14-12-37)71-54(63-64-55(71)52(60)75)44-31-43(36(2)3)48(72)32-49(44)73/h4-14,31-32,36,39,41,72-73H,1,15-18,20-30,33-35H2,2-3H3,(H2,60,75)/t41-/m0/s1. The Morgan fingerprint density at radius 1 is 0.896 bits per heavy atom. The summed E-state index contributed by atoms with van der Waals surface area (Å²) in [6.45, 7) is 16.2. The van der Waals surface area contributed by atoms with Crippen LogP contribution in [-0.2, 0) is 29.1 Å². The smallest absolute Gasteiger partial charge is 0.318 e. The Morgan fingerprint density at radius 2 is 1.65 bits per heavy atom. The predicted octanol–water partition coefficient (Wildman–Crippen LogP) is 6.28. The normalized spacial score (nSPS) is 17.6. The van der Waals surface area contributed by atoms with Gasteiger partial charge in [-0.3, -0.25) is 28.8 Å². The maximum absolute atomic E-state index is 13.9. The number of rotatable bonds is 15. The van der Waals surface area contributed by atoms with Crippen molar-refractivity contribution in [3.05, 3.63) is 119 Å². The van der Waals surface area contributed by atoms with Crippen LogP contribution in [0.15, 0.2) is 85.5 Å². The molecule has 0 aliphatic carbocycles. The van der Waals surface area contributed by atoms with Crippen molar-refractivity contribution in [3.63, 3.8) is 0 Å². The lowest BCUT2D eigenvalue weighted by Crippen LogP contribution is -2.55. The highest BCUT2D eigenvalue weighted by Gasteiger charge is 2.35. The van der Waals surface area contributed by atoms with E-state index in [0.29, 0.717) is 87.2 Å². The van der Waals surface area contributed by atoms with Crippen molar-refractivity contribution in [2.24, 2.45) is 11.7 Å². The zero-order chi connectivity index (χ0) is 53.9. The van der Waals surface area contributed by atoms with E-state index in [1.165, 1.54) is 16.7 Å². The molecule has 0 spiro atoms. The van der Waals surface area contributed by atoms with Gasteiger partial charge in [0, 0.05) is 99.8 Å². The van der Waals surface area contributed by atoms with Gasteiger partial charge in [0.2, 0.25) is 17.6 Å². The van der Waals surface area contributed by atoms with Gasteiger partial charge in [0.05, 0.1) is 41.4 Å². The van der Waals surface area contributed by atoms with Crippen molar-refractivity contribution in [2.75, 3.05) is 88.4 Å². The zero-order valence-electron chi connectivity index (χ0n) is 43.5. The number of anilines is 2. The molecule has 4 N–H and O–H groups in total. The lowest BCUT2D eigenvalue weighted by atomic mass is 9.94. The number of amides is 3. The number of hydrogen-bond donors (Lipinski definition) is 3. The van der Waals surface area contributed by atoms with E-state index in [-0.39, 0.29) is 65.3 Å². The van der Waals surface area contributed by atoms with E-state index in [1.807, 2.05) is 61.2 Å². The highest BCUT2D eigenvalue weighted by Crippen LogP contribution is 2.40. The average Bonchev–Trinajstić information content (AvgIpc) is 3.92. The van der Waals surface area contributed by atoms with Gasteiger partial charge in [0.1, 0.15) is 23.9 Å². The summed E-state index contributed by atoms with van der Waals surface area (Å²) in [7, 11) is 0. The number of aromatic nitrogens is 5. The topological polar surface area (TPSA) is 227 Å². The average molecular weight is 1060 g/mol. The van der Waals surface area contributed by atoms with Crippen LogP contribution in [0, 0.1) is 17.2 Å². The van der Waals surface area contributed by atoms with Gasteiger partial charge in [-0.1, -0.05) is 68.4 Å². The Balaban J connectivity index is 0.738. The first-order valence-electron chi connectivity index (χ1n) is 26.4. The van der Waals surface area contributed by atoms with Crippen LogP contribution in [0.4, 0.5) is 11.5 Å². The molecule has 4 aliphatic heterocycles. The number of primary amides is 1. The van der Waals surface area contributed by atoms with E-state index >= 15 is 0 Å². The molecule has 0 unspecified atom stereocenters. The van der Waals surface area contributed by atoms with Crippen LogP contribution in [-0.4, -0.2) is 157 Å². The second kappa shape index (κ2) is 22.8. The number of nitrogens with two attached hydrogens (primary N) is 1. The Morgan fingerprint density at radius 3 is 2.36 bits per heavy atom. The first-order valence-corrected chi connectivity index (χ1v) is 26.8. The molecule has 0 saturated carbocycles. The molecule has 19 nitrogen and oxygen atoms in total. The number of aromatic hydroxyl groups is 2. The number of fused-ring (bicyclic) bond motifs is 2. The van der Waals surface area contributed by atoms with E-state index in [0.717, 1.165) is 84.7 Å². The van der Waals surface area contributed by atoms with Crippen LogP contribution in [0.2, 0.25) is 5.02 Å². The molecule has 0 bridgehead atoms. The fourth-order valence-corrected chi connectivity index (χ4v) is 11.6. The fraction of sp³-hybridized carbons (Fsp3) is 0.404. The molecule has 6 aromatic rings. The maximum Gasteiger partial charge on any atom is 0.318 e. The first-order chi connectivity index (χ1) is 37.3. The molecule has 77 heavy (non-hydrogen) atoms. The van der Waals surface area contributed by atoms with Gasteiger partial charge >= 0.3 is 6.01 Å². The summed E-state index contributed by atoms with van der Waals surface area (Å²) >= 11 is 6.79. The van der Waals surface area contributed by atoms with Crippen molar-refractivity contribution >= 4 is 51.6 Å². The number of likely N-dealkylation sites (tertiary alicyclic amines) is 1. The van der Waals surface area contributed by atoms with E-state index in [1.54, 1.807) is 11.0 Å². The van der Waals surface area contributed by atoms with Gasteiger partial charge in [-0.15, -0.1) is 10.2 Å². The minimum absolute atomic E-state index is 0.0362. The number of benzene rings is 4. The van der Waals surface area contributed by atoms with E-state index in [2.05, 4.69) is 60.6 Å². The lowest BCUT2D eigenvalue weighted by molar-refractivity contribution is -0.139. The Bertz CT molecular complexity index is 3230. The first kappa shape index (κ1) is 52.6. The molecule has 3 amide bonds. The molecular formula is C57H64ClN13O6. The van der Waals surface area contributed by atoms with Gasteiger partial charge in [0.15, 0.2) is 5.82 Å². The summed E-state index contributed by atoms with van der Waals surface area (Å²) in [5, 5.41) is 42.0. The summed E-state index contributed by atoms with van der Waals surface area (Å²) < 4.78 is 7.92. The van der Waals surface area contributed by atoms with Crippen molar-refractivity contribution in [1.29, 1.82) is 5.26 Å². The number of piperidine rings is 1. The molecule has 4 aromatic carbocycles. The highest BCUT2D eigenvalue weighted by atomic mass is 35.5. The number of phenols is 2. The predicted molar refractivity (Wildman–Crippen MR) is 293 cm³/mol. The second-order valence-corrected chi connectivity index (χ2v) is 21.0. The quantitative estimate of drug-likeness (QED) is 0.0963. The zero-order valence-corrected chi connectivity index (χ0v) is 44.3. The number of carbonyl (C=O) groups is 3. The monoisotopic (exact) mass is 1060 g/mol. The molecule has 6 heterocycles. The number of halogens is 1. The van der Waals surface area contributed by atoms with Gasteiger partial charge in [-0.2, -0.15) is 15.2 Å². The molecule has 400 valence electrons. The third kappa shape index (κ3) is 11.1. The number of carbonyl (C=O) groups excluding carboxylic acids is 3. The fourth-order valence-electron chi connectivity index (χ4n) is 11.4. The van der Waals surface area contributed by atoms with Crippen LogP contribution in [0.25, 0.3) is 27.8 Å². The second-order valence-electron chi connectivity index (χ2n) is 20.6. The van der Waals surface area contributed by atoms with Crippen molar-refractivity contribution < 1.29 is 29.3 Å². The molecular weight excluding hydrogens is 998 g/mol.